The Morgan fingerprint density at radius 3 is 2.59 bits per heavy atom. The van der Waals surface area contributed by atoms with Crippen molar-refractivity contribution in [1.29, 1.82) is 0 Å². The SMILES string of the molecule is CCN(CC)Cc1cc(N=c2ccn(O)c3cc(Cl)ccc23)ccc1OC. The lowest BCUT2D eigenvalue weighted by Gasteiger charge is -2.19. The minimum atomic E-state index is 0.563. The van der Waals surface area contributed by atoms with Crippen LogP contribution >= 0.6 is 11.6 Å². The van der Waals surface area contributed by atoms with Gasteiger partial charge in [0.25, 0.3) is 0 Å². The summed E-state index contributed by atoms with van der Waals surface area (Å²) in [6, 6.07) is 13.1. The first-order valence-corrected chi connectivity index (χ1v) is 9.37. The Kier molecular flexibility index (Phi) is 6.04. The average Bonchev–Trinajstić information content (AvgIpc) is 2.68. The molecular weight excluding hydrogens is 362 g/mol. The third-order valence-electron chi connectivity index (χ3n) is 4.66. The Hall–Kier alpha value is -2.50. The summed E-state index contributed by atoms with van der Waals surface area (Å²) in [6.45, 7) is 7.05. The van der Waals surface area contributed by atoms with Crippen LogP contribution in [0.25, 0.3) is 10.9 Å². The van der Waals surface area contributed by atoms with Crippen molar-refractivity contribution < 1.29 is 9.94 Å². The van der Waals surface area contributed by atoms with Crippen molar-refractivity contribution in [1.82, 2.24) is 9.63 Å². The standard InChI is InChI=1S/C21H24ClN3O2/c1-4-24(5-2)14-15-12-17(7-9-21(15)27-3)23-19-10-11-25(26)20-13-16(22)6-8-18(19)20/h6-13,26H,4-5,14H2,1-3H3. The fourth-order valence-corrected chi connectivity index (χ4v) is 3.27. The Bertz CT molecular complexity index is 1010. The van der Waals surface area contributed by atoms with Gasteiger partial charge >= 0.3 is 0 Å². The second-order valence-electron chi connectivity index (χ2n) is 6.28. The van der Waals surface area contributed by atoms with E-state index >= 15 is 0 Å². The predicted molar refractivity (Wildman–Crippen MR) is 109 cm³/mol. The molecule has 0 aliphatic heterocycles. The van der Waals surface area contributed by atoms with E-state index < -0.39 is 0 Å². The number of hydrogen-bond donors (Lipinski definition) is 1. The second-order valence-corrected chi connectivity index (χ2v) is 6.71. The van der Waals surface area contributed by atoms with Crippen molar-refractivity contribution in [2.45, 2.75) is 20.4 Å². The molecule has 0 atom stereocenters. The minimum Gasteiger partial charge on any atom is -0.496 e. The molecule has 27 heavy (non-hydrogen) atoms. The van der Waals surface area contributed by atoms with Crippen molar-refractivity contribution >= 4 is 28.2 Å². The summed E-state index contributed by atoms with van der Waals surface area (Å²) >= 11 is 6.06. The Morgan fingerprint density at radius 1 is 1.11 bits per heavy atom. The van der Waals surface area contributed by atoms with Gasteiger partial charge in [0.2, 0.25) is 0 Å². The summed E-state index contributed by atoms with van der Waals surface area (Å²) in [5, 5.41) is 12.2. The number of rotatable bonds is 6. The number of aromatic nitrogens is 1. The summed E-state index contributed by atoms with van der Waals surface area (Å²) < 4.78 is 6.58. The first-order chi connectivity index (χ1) is 13.0. The summed E-state index contributed by atoms with van der Waals surface area (Å²) in [7, 11) is 1.69. The first-order valence-electron chi connectivity index (χ1n) is 8.99. The molecule has 1 aromatic heterocycles. The number of methoxy groups -OCH3 is 1. The zero-order valence-corrected chi connectivity index (χ0v) is 16.6. The lowest BCUT2D eigenvalue weighted by molar-refractivity contribution is 0.198. The zero-order chi connectivity index (χ0) is 19.4. The highest BCUT2D eigenvalue weighted by Gasteiger charge is 2.09. The van der Waals surface area contributed by atoms with E-state index in [1.54, 1.807) is 31.5 Å². The summed E-state index contributed by atoms with van der Waals surface area (Å²) in [4.78, 5) is 7.12. The topological polar surface area (TPSA) is 50.0 Å². The number of ether oxygens (including phenoxy) is 1. The van der Waals surface area contributed by atoms with Crippen molar-refractivity contribution in [2.75, 3.05) is 20.2 Å². The Balaban J connectivity index is 2.10. The van der Waals surface area contributed by atoms with E-state index in [1.165, 1.54) is 0 Å². The molecule has 0 spiro atoms. The third-order valence-corrected chi connectivity index (χ3v) is 4.89. The molecule has 0 saturated heterocycles. The van der Waals surface area contributed by atoms with Crippen LogP contribution < -0.4 is 10.1 Å². The Morgan fingerprint density at radius 2 is 1.89 bits per heavy atom. The van der Waals surface area contributed by atoms with Crippen LogP contribution in [-0.4, -0.2) is 35.0 Å². The molecule has 0 unspecified atom stereocenters. The van der Waals surface area contributed by atoms with Crippen LogP contribution in [0, 0.1) is 0 Å². The van der Waals surface area contributed by atoms with Crippen LogP contribution in [0.4, 0.5) is 5.69 Å². The maximum Gasteiger partial charge on any atom is 0.123 e. The van der Waals surface area contributed by atoms with Gasteiger partial charge in [-0.2, -0.15) is 4.73 Å². The number of hydrogen-bond acceptors (Lipinski definition) is 4. The van der Waals surface area contributed by atoms with Gasteiger partial charge in [0.05, 0.1) is 23.7 Å². The fraction of sp³-hybridized carbons (Fsp3) is 0.286. The van der Waals surface area contributed by atoms with Gasteiger partial charge in [-0.3, -0.25) is 4.90 Å². The molecule has 1 heterocycles. The molecular formula is C21H24ClN3O2. The highest BCUT2D eigenvalue weighted by Crippen LogP contribution is 2.26. The van der Waals surface area contributed by atoms with Crippen LogP contribution in [0.15, 0.2) is 53.7 Å². The van der Waals surface area contributed by atoms with Crippen LogP contribution in [0.3, 0.4) is 0 Å². The molecule has 0 radical (unpaired) electrons. The summed E-state index contributed by atoms with van der Waals surface area (Å²) in [6.07, 6.45) is 1.57. The molecule has 0 saturated carbocycles. The lowest BCUT2D eigenvalue weighted by atomic mass is 10.1. The summed E-state index contributed by atoms with van der Waals surface area (Å²) in [5.41, 5.74) is 2.55. The van der Waals surface area contributed by atoms with Gasteiger partial charge < -0.3 is 9.94 Å². The van der Waals surface area contributed by atoms with Gasteiger partial charge in [-0.1, -0.05) is 25.4 Å². The quantitative estimate of drug-likeness (QED) is 0.630. The van der Waals surface area contributed by atoms with Crippen LogP contribution in [0.1, 0.15) is 19.4 Å². The summed E-state index contributed by atoms with van der Waals surface area (Å²) in [5.74, 6) is 0.860. The van der Waals surface area contributed by atoms with E-state index in [1.807, 2.05) is 18.2 Å². The monoisotopic (exact) mass is 385 g/mol. The van der Waals surface area contributed by atoms with Crippen molar-refractivity contribution in [3.05, 3.63) is 64.6 Å². The van der Waals surface area contributed by atoms with Crippen molar-refractivity contribution in [2.24, 2.45) is 4.99 Å². The fourth-order valence-electron chi connectivity index (χ4n) is 3.11. The molecule has 6 heteroatoms. The maximum atomic E-state index is 10.0. The molecule has 0 fully saturated rings. The van der Waals surface area contributed by atoms with Gasteiger partial charge in [-0.25, -0.2) is 4.99 Å². The van der Waals surface area contributed by atoms with E-state index in [0.717, 1.165) is 52.1 Å². The Labute approximate surface area is 164 Å². The smallest absolute Gasteiger partial charge is 0.123 e. The highest BCUT2D eigenvalue weighted by atomic mass is 35.5. The average molecular weight is 386 g/mol. The van der Waals surface area contributed by atoms with Gasteiger partial charge in [0.1, 0.15) is 5.75 Å². The molecule has 2 aromatic carbocycles. The second kappa shape index (κ2) is 8.46. The molecule has 0 aliphatic rings. The number of pyridine rings is 1. The largest absolute Gasteiger partial charge is 0.496 e. The first kappa shape index (κ1) is 19.3. The van der Waals surface area contributed by atoms with E-state index in [9.17, 15) is 5.21 Å². The maximum absolute atomic E-state index is 10.0. The van der Waals surface area contributed by atoms with Crippen LogP contribution in [0.2, 0.25) is 5.02 Å². The van der Waals surface area contributed by atoms with E-state index in [4.69, 9.17) is 21.3 Å². The molecule has 0 aliphatic carbocycles. The molecule has 3 aromatic rings. The molecule has 1 N–H and O–H groups in total. The normalized spacial score (nSPS) is 12.1. The van der Waals surface area contributed by atoms with E-state index in [2.05, 4.69) is 24.8 Å². The number of fused-ring (bicyclic) bond motifs is 1. The van der Waals surface area contributed by atoms with E-state index in [0.29, 0.717) is 10.5 Å². The predicted octanol–water partition coefficient (Wildman–Crippen LogP) is 4.61. The molecule has 3 rings (SSSR count). The van der Waals surface area contributed by atoms with Gasteiger partial charge in [-0.15, -0.1) is 0 Å². The molecule has 142 valence electrons. The minimum absolute atomic E-state index is 0.563. The molecule has 5 nitrogen and oxygen atoms in total. The van der Waals surface area contributed by atoms with Crippen LogP contribution in [0.5, 0.6) is 5.75 Å². The van der Waals surface area contributed by atoms with Gasteiger partial charge in [-0.05, 0) is 55.6 Å². The van der Waals surface area contributed by atoms with Crippen molar-refractivity contribution in [3.63, 3.8) is 0 Å². The molecule has 0 bridgehead atoms. The van der Waals surface area contributed by atoms with E-state index in [-0.39, 0.29) is 0 Å². The number of benzene rings is 2. The number of halogens is 1. The highest BCUT2D eigenvalue weighted by molar-refractivity contribution is 6.31. The zero-order valence-electron chi connectivity index (χ0n) is 15.8. The number of nitrogens with zero attached hydrogens (tertiary/aromatic N) is 3. The van der Waals surface area contributed by atoms with Gasteiger partial charge in [0, 0.05) is 28.7 Å². The third kappa shape index (κ3) is 4.26. The lowest BCUT2D eigenvalue weighted by Crippen LogP contribution is -2.22. The van der Waals surface area contributed by atoms with Gasteiger partial charge in [0.15, 0.2) is 0 Å². The van der Waals surface area contributed by atoms with Crippen LogP contribution in [-0.2, 0) is 6.54 Å². The molecule has 0 amide bonds. The van der Waals surface area contributed by atoms with Crippen molar-refractivity contribution in [3.8, 4) is 5.75 Å².